The fourth-order valence-corrected chi connectivity index (χ4v) is 2.92. The Morgan fingerprint density at radius 2 is 1.59 bits per heavy atom. The Hall–Kier alpha value is -2.62. The molecule has 2 rings (SSSR count). The van der Waals surface area contributed by atoms with Gasteiger partial charge in [-0.3, -0.25) is 9.59 Å². The number of hydrogen-bond donors (Lipinski definition) is 2. The van der Waals surface area contributed by atoms with E-state index in [-0.39, 0.29) is 17.7 Å². The Morgan fingerprint density at radius 1 is 0.926 bits per heavy atom. The van der Waals surface area contributed by atoms with Crippen molar-refractivity contribution in [3.63, 3.8) is 0 Å². The van der Waals surface area contributed by atoms with E-state index in [4.69, 9.17) is 0 Å². The number of amides is 2. The topological polar surface area (TPSA) is 58.2 Å². The van der Waals surface area contributed by atoms with E-state index in [2.05, 4.69) is 36.6 Å². The number of nitrogens with one attached hydrogen (secondary N) is 2. The Labute approximate surface area is 162 Å². The lowest BCUT2D eigenvalue weighted by Crippen LogP contribution is -2.29. The SMILES string of the molecule is CC(C)Cc1ccc(C(C)C(=O)NCCCC(=O)Nc2ccccc2)cc1. The molecule has 0 spiro atoms. The third kappa shape index (κ3) is 7.26. The minimum Gasteiger partial charge on any atom is -0.356 e. The Kier molecular flexibility index (Phi) is 8.05. The summed E-state index contributed by atoms with van der Waals surface area (Å²) in [5.41, 5.74) is 3.11. The molecule has 0 aromatic heterocycles. The zero-order valence-electron chi connectivity index (χ0n) is 16.5. The molecule has 0 fully saturated rings. The summed E-state index contributed by atoms with van der Waals surface area (Å²) >= 11 is 0. The van der Waals surface area contributed by atoms with Crippen LogP contribution in [0.5, 0.6) is 0 Å². The lowest BCUT2D eigenvalue weighted by molar-refractivity contribution is -0.122. The zero-order chi connectivity index (χ0) is 19.6. The molecule has 0 aliphatic heterocycles. The summed E-state index contributed by atoms with van der Waals surface area (Å²) < 4.78 is 0. The van der Waals surface area contributed by atoms with Gasteiger partial charge in [0.05, 0.1) is 5.92 Å². The molecule has 27 heavy (non-hydrogen) atoms. The minimum absolute atomic E-state index is 0.00456. The van der Waals surface area contributed by atoms with E-state index in [1.807, 2.05) is 49.4 Å². The highest BCUT2D eigenvalue weighted by atomic mass is 16.2. The molecule has 2 aromatic carbocycles. The molecule has 0 bridgehead atoms. The van der Waals surface area contributed by atoms with Crippen LogP contribution >= 0.6 is 0 Å². The Balaban J connectivity index is 1.71. The second-order valence-corrected chi connectivity index (χ2v) is 7.37. The summed E-state index contributed by atoms with van der Waals surface area (Å²) in [6.45, 7) is 6.81. The molecule has 2 amide bonds. The number of para-hydroxylation sites is 1. The van der Waals surface area contributed by atoms with E-state index >= 15 is 0 Å². The molecule has 0 saturated carbocycles. The van der Waals surface area contributed by atoms with Crippen LogP contribution in [0.15, 0.2) is 54.6 Å². The molecule has 1 atom stereocenters. The number of benzene rings is 2. The number of rotatable bonds is 9. The van der Waals surface area contributed by atoms with Crippen molar-refractivity contribution in [2.45, 2.75) is 46.0 Å². The number of hydrogen-bond acceptors (Lipinski definition) is 2. The van der Waals surface area contributed by atoms with E-state index in [0.29, 0.717) is 25.3 Å². The summed E-state index contributed by atoms with van der Waals surface area (Å²) in [7, 11) is 0. The van der Waals surface area contributed by atoms with Crippen molar-refractivity contribution >= 4 is 17.5 Å². The number of carbonyl (C=O) groups is 2. The zero-order valence-corrected chi connectivity index (χ0v) is 16.5. The summed E-state index contributed by atoms with van der Waals surface area (Å²) in [6, 6.07) is 17.7. The molecule has 0 heterocycles. The number of anilines is 1. The maximum atomic E-state index is 12.3. The average molecular weight is 367 g/mol. The van der Waals surface area contributed by atoms with E-state index in [1.165, 1.54) is 5.56 Å². The highest BCUT2D eigenvalue weighted by molar-refractivity contribution is 5.90. The third-order valence-corrected chi connectivity index (χ3v) is 4.45. The lowest BCUT2D eigenvalue weighted by Gasteiger charge is -2.14. The van der Waals surface area contributed by atoms with Crippen molar-refractivity contribution in [2.75, 3.05) is 11.9 Å². The van der Waals surface area contributed by atoms with E-state index < -0.39 is 0 Å². The standard InChI is InChI=1S/C23H30N2O2/c1-17(2)16-19-11-13-20(14-12-19)18(3)23(27)24-15-7-10-22(26)25-21-8-5-4-6-9-21/h4-6,8-9,11-14,17-18H,7,10,15-16H2,1-3H3,(H,24,27)(H,25,26). The second-order valence-electron chi connectivity index (χ2n) is 7.37. The smallest absolute Gasteiger partial charge is 0.227 e. The van der Waals surface area contributed by atoms with Crippen molar-refractivity contribution < 1.29 is 9.59 Å². The highest BCUT2D eigenvalue weighted by Crippen LogP contribution is 2.17. The average Bonchev–Trinajstić information content (AvgIpc) is 2.65. The predicted octanol–water partition coefficient (Wildman–Crippen LogP) is 4.52. The van der Waals surface area contributed by atoms with Gasteiger partial charge in [-0.15, -0.1) is 0 Å². The molecule has 4 heteroatoms. The summed E-state index contributed by atoms with van der Waals surface area (Å²) in [4.78, 5) is 24.2. The molecule has 0 aliphatic carbocycles. The van der Waals surface area contributed by atoms with Crippen LogP contribution in [0.4, 0.5) is 5.69 Å². The lowest BCUT2D eigenvalue weighted by atomic mass is 9.96. The molecule has 0 radical (unpaired) electrons. The highest BCUT2D eigenvalue weighted by Gasteiger charge is 2.15. The summed E-state index contributed by atoms with van der Waals surface area (Å²) in [5.74, 6) is 0.381. The van der Waals surface area contributed by atoms with Crippen molar-refractivity contribution in [3.05, 3.63) is 65.7 Å². The summed E-state index contributed by atoms with van der Waals surface area (Å²) in [5, 5.41) is 5.77. The molecule has 2 N–H and O–H groups in total. The quantitative estimate of drug-likeness (QED) is 0.641. The van der Waals surface area contributed by atoms with Gasteiger partial charge in [0.1, 0.15) is 0 Å². The van der Waals surface area contributed by atoms with Crippen molar-refractivity contribution in [3.8, 4) is 0 Å². The van der Waals surface area contributed by atoms with Crippen LogP contribution in [0.3, 0.4) is 0 Å². The fraction of sp³-hybridized carbons (Fsp3) is 0.391. The first kappa shape index (κ1) is 20.7. The molecule has 0 saturated heterocycles. The molecule has 4 nitrogen and oxygen atoms in total. The normalized spacial score (nSPS) is 11.9. The Bertz CT molecular complexity index is 724. The largest absolute Gasteiger partial charge is 0.356 e. The van der Waals surface area contributed by atoms with Crippen LogP contribution < -0.4 is 10.6 Å². The maximum absolute atomic E-state index is 12.3. The molecule has 144 valence electrons. The molecular formula is C23H30N2O2. The maximum Gasteiger partial charge on any atom is 0.227 e. The van der Waals surface area contributed by atoms with Gasteiger partial charge in [0.25, 0.3) is 0 Å². The number of carbonyl (C=O) groups excluding carboxylic acids is 2. The van der Waals surface area contributed by atoms with Gasteiger partial charge in [0.2, 0.25) is 11.8 Å². The van der Waals surface area contributed by atoms with Gasteiger partial charge in [-0.1, -0.05) is 56.3 Å². The third-order valence-electron chi connectivity index (χ3n) is 4.45. The van der Waals surface area contributed by atoms with E-state index in [1.54, 1.807) is 0 Å². The molecule has 0 aliphatic rings. The summed E-state index contributed by atoms with van der Waals surface area (Å²) in [6.07, 6.45) is 2.05. The predicted molar refractivity (Wildman–Crippen MR) is 111 cm³/mol. The van der Waals surface area contributed by atoms with Crippen LogP contribution in [-0.4, -0.2) is 18.4 Å². The molecular weight excluding hydrogens is 336 g/mol. The van der Waals surface area contributed by atoms with Crippen molar-refractivity contribution in [1.82, 2.24) is 5.32 Å². The van der Waals surface area contributed by atoms with Crippen LogP contribution in [0.1, 0.15) is 50.7 Å². The van der Waals surface area contributed by atoms with Crippen molar-refractivity contribution in [1.29, 1.82) is 0 Å². The van der Waals surface area contributed by atoms with Gasteiger partial charge in [-0.25, -0.2) is 0 Å². The second kappa shape index (κ2) is 10.5. The van der Waals surface area contributed by atoms with Crippen LogP contribution in [-0.2, 0) is 16.0 Å². The van der Waals surface area contributed by atoms with Crippen LogP contribution in [0.25, 0.3) is 0 Å². The van der Waals surface area contributed by atoms with E-state index in [0.717, 1.165) is 17.7 Å². The van der Waals surface area contributed by atoms with Gasteiger partial charge in [0.15, 0.2) is 0 Å². The van der Waals surface area contributed by atoms with Crippen molar-refractivity contribution in [2.24, 2.45) is 5.92 Å². The first-order valence-electron chi connectivity index (χ1n) is 9.67. The van der Waals surface area contributed by atoms with Crippen LogP contribution in [0, 0.1) is 5.92 Å². The van der Waals surface area contributed by atoms with Gasteiger partial charge in [0, 0.05) is 18.7 Å². The van der Waals surface area contributed by atoms with Gasteiger partial charge >= 0.3 is 0 Å². The minimum atomic E-state index is -0.198. The van der Waals surface area contributed by atoms with Gasteiger partial charge in [-0.05, 0) is 48.9 Å². The monoisotopic (exact) mass is 366 g/mol. The first-order chi connectivity index (χ1) is 13.0. The fourth-order valence-electron chi connectivity index (χ4n) is 2.92. The molecule has 2 aromatic rings. The first-order valence-corrected chi connectivity index (χ1v) is 9.67. The van der Waals surface area contributed by atoms with Gasteiger partial charge < -0.3 is 10.6 Å². The van der Waals surface area contributed by atoms with Gasteiger partial charge in [-0.2, -0.15) is 0 Å². The van der Waals surface area contributed by atoms with E-state index in [9.17, 15) is 9.59 Å². The van der Waals surface area contributed by atoms with Crippen LogP contribution in [0.2, 0.25) is 0 Å². The molecule has 1 unspecified atom stereocenters. The Morgan fingerprint density at radius 3 is 2.22 bits per heavy atom.